The molecule has 0 aliphatic carbocycles. The van der Waals surface area contributed by atoms with Gasteiger partial charge >= 0.3 is 0 Å². The molecule has 1 N–H and O–H groups in total. The molecule has 0 aromatic carbocycles. The number of thiol groups is 1. The lowest BCUT2D eigenvalue weighted by atomic mass is 10.1. The van der Waals surface area contributed by atoms with E-state index in [1.165, 1.54) is 19.3 Å². The van der Waals surface area contributed by atoms with E-state index in [1.807, 2.05) is 45.4 Å². The van der Waals surface area contributed by atoms with E-state index in [1.54, 1.807) is 11.3 Å². The zero-order valence-corrected chi connectivity index (χ0v) is 18.4. The highest BCUT2D eigenvalue weighted by atomic mass is 32.1. The second-order valence-electron chi connectivity index (χ2n) is 6.31. The van der Waals surface area contributed by atoms with Gasteiger partial charge in [0.2, 0.25) is 0 Å². The third-order valence-corrected chi connectivity index (χ3v) is 5.89. The van der Waals surface area contributed by atoms with Gasteiger partial charge in [-0.2, -0.15) is 0 Å². The van der Waals surface area contributed by atoms with Crippen molar-refractivity contribution in [2.24, 2.45) is 0 Å². The Labute approximate surface area is 176 Å². The summed E-state index contributed by atoms with van der Waals surface area (Å²) in [6, 6.07) is 8.24. The van der Waals surface area contributed by atoms with Crippen LogP contribution in [-0.2, 0) is 0 Å². The van der Waals surface area contributed by atoms with Crippen LogP contribution in [-0.4, -0.2) is 35.1 Å². The van der Waals surface area contributed by atoms with Gasteiger partial charge in [-0.15, -0.1) is 24.0 Å². The molecular weight excluding hydrogens is 386 g/mol. The molecule has 7 heteroatoms. The summed E-state index contributed by atoms with van der Waals surface area (Å²) >= 11 is 6.10. The third kappa shape index (κ3) is 4.64. The Bertz CT molecular complexity index is 928. The number of anilines is 1. The number of fused-ring (bicyclic) bond motifs is 1. The predicted molar refractivity (Wildman–Crippen MR) is 124 cm³/mol. The number of nitrogens with one attached hydrogen (secondary N) is 1. The molecule has 0 saturated carbocycles. The van der Waals surface area contributed by atoms with Crippen LogP contribution in [0.1, 0.15) is 38.8 Å². The van der Waals surface area contributed by atoms with E-state index in [0.29, 0.717) is 0 Å². The van der Waals surface area contributed by atoms with E-state index >= 15 is 0 Å². The largest absolute Gasteiger partial charge is 0.393 e. The molecule has 5 nitrogen and oxygen atoms in total. The predicted octanol–water partition coefficient (Wildman–Crippen LogP) is 5.22. The molecule has 3 aromatic rings. The summed E-state index contributed by atoms with van der Waals surface area (Å²) < 4.78 is 1.06. The molecule has 148 valence electrons. The lowest BCUT2D eigenvalue weighted by Crippen LogP contribution is -2.29. The topological polar surface area (TPSA) is 53.9 Å². The highest BCUT2D eigenvalue weighted by Gasteiger charge is 2.13. The van der Waals surface area contributed by atoms with Gasteiger partial charge in [-0.05, 0) is 43.5 Å². The normalized spacial score (nSPS) is 14.6. The number of hydrogen-bond donors (Lipinski definition) is 2. The van der Waals surface area contributed by atoms with Crippen LogP contribution in [0.5, 0.6) is 0 Å². The van der Waals surface area contributed by atoms with Crippen LogP contribution >= 0.6 is 24.0 Å². The smallest absolute Gasteiger partial charge is 0.171 e. The highest BCUT2D eigenvalue weighted by molar-refractivity contribution is 7.90. The summed E-state index contributed by atoms with van der Waals surface area (Å²) in [4.78, 5) is 17.1. The van der Waals surface area contributed by atoms with Crippen LogP contribution in [0.25, 0.3) is 25.8 Å². The molecule has 28 heavy (non-hydrogen) atoms. The first-order chi connectivity index (χ1) is 13.7. The Morgan fingerprint density at radius 1 is 1.11 bits per heavy atom. The van der Waals surface area contributed by atoms with Crippen LogP contribution in [0.2, 0.25) is 0 Å². The van der Waals surface area contributed by atoms with E-state index in [9.17, 15) is 0 Å². The number of nitrogens with zero attached hydrogens (tertiary/aromatic N) is 4. The fraction of sp³-hybridized carbons (Fsp3) is 0.381. The minimum Gasteiger partial charge on any atom is -0.393 e. The maximum absolute atomic E-state index is 4.70. The Kier molecular flexibility index (Phi) is 7.28. The summed E-state index contributed by atoms with van der Waals surface area (Å²) in [5.41, 5.74) is 2.59. The van der Waals surface area contributed by atoms with E-state index in [0.717, 1.165) is 50.4 Å². The fourth-order valence-corrected chi connectivity index (χ4v) is 4.27. The molecular formula is C21H27N5S2. The molecule has 0 unspecified atom stereocenters. The van der Waals surface area contributed by atoms with Gasteiger partial charge in [0.25, 0.3) is 0 Å². The van der Waals surface area contributed by atoms with Crippen molar-refractivity contribution in [1.29, 1.82) is 0 Å². The molecule has 4 rings (SSSR count). The minimum atomic E-state index is 0.749. The lowest BCUT2D eigenvalue weighted by molar-refractivity contribution is 0.573. The Hall–Kier alpha value is -2.12. The fourth-order valence-electron chi connectivity index (χ4n) is 3.12. The van der Waals surface area contributed by atoms with Crippen LogP contribution < -0.4 is 10.2 Å². The molecule has 0 spiro atoms. The summed E-state index contributed by atoms with van der Waals surface area (Å²) in [6.45, 7) is 6.21. The Balaban J connectivity index is 0.00000109. The van der Waals surface area contributed by atoms with E-state index in [2.05, 4.69) is 44.9 Å². The number of thiazole rings is 1. The molecule has 0 bridgehead atoms. The van der Waals surface area contributed by atoms with Gasteiger partial charge in [-0.25, -0.2) is 15.0 Å². The average molecular weight is 414 g/mol. The number of aromatic nitrogens is 3. The van der Waals surface area contributed by atoms with Gasteiger partial charge < -0.3 is 10.2 Å². The van der Waals surface area contributed by atoms with Crippen molar-refractivity contribution in [1.82, 2.24) is 20.3 Å². The van der Waals surface area contributed by atoms with Crippen molar-refractivity contribution in [3.05, 3.63) is 42.4 Å². The highest BCUT2D eigenvalue weighted by Crippen LogP contribution is 2.31. The maximum atomic E-state index is 4.70. The molecule has 4 heterocycles. The van der Waals surface area contributed by atoms with Crippen molar-refractivity contribution >= 4 is 45.0 Å². The maximum Gasteiger partial charge on any atom is 0.171 e. The van der Waals surface area contributed by atoms with Crippen molar-refractivity contribution in [2.75, 3.05) is 25.0 Å². The van der Waals surface area contributed by atoms with E-state index < -0.39 is 0 Å². The van der Waals surface area contributed by atoms with Gasteiger partial charge in [-0.1, -0.05) is 13.8 Å². The molecule has 0 atom stereocenters. The second-order valence-corrected chi connectivity index (χ2v) is 7.82. The molecule has 3 aromatic heterocycles. The van der Waals surface area contributed by atoms with Crippen LogP contribution in [0.15, 0.2) is 36.7 Å². The Morgan fingerprint density at radius 3 is 2.57 bits per heavy atom. The number of rotatable bonds is 4. The summed E-state index contributed by atoms with van der Waals surface area (Å²) in [7, 11) is 1.84. The zero-order chi connectivity index (χ0) is 19.9. The van der Waals surface area contributed by atoms with Gasteiger partial charge in [0.15, 0.2) is 5.65 Å². The Morgan fingerprint density at radius 2 is 1.89 bits per heavy atom. The SMILES string of the molecule is CC.CN/C=C(\S)c1ccc2sc(-c3ccc(N4CCCCC4)nc3)nc2n1. The van der Waals surface area contributed by atoms with Gasteiger partial charge in [0.1, 0.15) is 10.8 Å². The first kappa shape index (κ1) is 20.6. The van der Waals surface area contributed by atoms with Crippen LogP contribution in [0.4, 0.5) is 5.82 Å². The number of pyridine rings is 2. The molecule has 0 amide bonds. The summed E-state index contributed by atoms with van der Waals surface area (Å²) in [5, 5.41) is 3.91. The van der Waals surface area contributed by atoms with Crippen LogP contribution in [0, 0.1) is 0 Å². The monoisotopic (exact) mass is 413 g/mol. The standard InChI is InChI=1S/C19H21N5S2.C2H6/c1-20-12-15(25)14-6-7-16-18(22-14)23-19(26-16)13-5-8-17(21-11-13)24-9-3-2-4-10-24;1-2/h5-8,11-12,20,25H,2-4,9-10H2,1H3;1-2H3/b15-12-;. The molecule has 1 fully saturated rings. The minimum absolute atomic E-state index is 0.749. The van der Waals surface area contributed by atoms with Crippen molar-refractivity contribution < 1.29 is 0 Å². The molecule has 0 radical (unpaired) electrons. The summed E-state index contributed by atoms with van der Waals surface area (Å²) in [5.74, 6) is 1.06. The van der Waals surface area contributed by atoms with Crippen molar-refractivity contribution in [3.8, 4) is 10.6 Å². The number of piperidine rings is 1. The third-order valence-electron chi connectivity index (χ3n) is 4.47. The second kappa shape index (κ2) is 9.89. The zero-order valence-electron chi connectivity index (χ0n) is 16.6. The first-order valence-corrected chi connectivity index (χ1v) is 11.1. The van der Waals surface area contributed by atoms with Gasteiger partial charge in [0.05, 0.1) is 10.4 Å². The van der Waals surface area contributed by atoms with Crippen molar-refractivity contribution in [2.45, 2.75) is 33.1 Å². The van der Waals surface area contributed by atoms with Crippen molar-refractivity contribution in [3.63, 3.8) is 0 Å². The first-order valence-electron chi connectivity index (χ1n) is 9.80. The van der Waals surface area contributed by atoms with Crippen LogP contribution in [0.3, 0.4) is 0 Å². The van der Waals surface area contributed by atoms with E-state index in [4.69, 9.17) is 4.98 Å². The molecule has 1 aliphatic rings. The average Bonchev–Trinajstić information content (AvgIpc) is 3.19. The van der Waals surface area contributed by atoms with Gasteiger partial charge in [-0.3, -0.25) is 0 Å². The number of hydrogen-bond acceptors (Lipinski definition) is 7. The van der Waals surface area contributed by atoms with Gasteiger partial charge in [0, 0.05) is 43.0 Å². The quantitative estimate of drug-likeness (QED) is 0.575. The molecule has 1 aliphatic heterocycles. The van der Waals surface area contributed by atoms with E-state index in [-0.39, 0.29) is 0 Å². The summed E-state index contributed by atoms with van der Waals surface area (Å²) in [6.07, 6.45) is 7.57. The lowest BCUT2D eigenvalue weighted by Gasteiger charge is -2.27. The molecule has 1 saturated heterocycles.